The largest absolute Gasteiger partial charge is 0.335 e. The Morgan fingerprint density at radius 1 is 1.04 bits per heavy atom. The molecule has 1 aromatic rings. The summed E-state index contributed by atoms with van der Waals surface area (Å²) < 4.78 is 0. The second-order valence-corrected chi connectivity index (χ2v) is 7.84. The number of likely N-dealkylation sites (tertiary alicyclic amines) is 1. The number of rotatable bonds is 3. The average molecular weight is 327 g/mol. The molecule has 0 radical (unpaired) electrons. The van der Waals surface area contributed by atoms with Crippen LogP contribution in [-0.4, -0.2) is 28.5 Å². The highest BCUT2D eigenvalue weighted by molar-refractivity contribution is 5.75. The molecular formula is C20H29N3O. The number of amides is 2. The Kier molecular flexibility index (Phi) is 4.72. The summed E-state index contributed by atoms with van der Waals surface area (Å²) in [7, 11) is 0. The highest BCUT2D eigenvalue weighted by Gasteiger charge is 2.45. The van der Waals surface area contributed by atoms with E-state index in [0.717, 1.165) is 31.2 Å². The first-order chi connectivity index (χ1) is 11.8. The van der Waals surface area contributed by atoms with Gasteiger partial charge in [-0.2, -0.15) is 0 Å². The maximum Gasteiger partial charge on any atom is 0.318 e. The second kappa shape index (κ2) is 7.12. The summed E-state index contributed by atoms with van der Waals surface area (Å²) in [5.74, 6) is 1.62. The summed E-state index contributed by atoms with van der Waals surface area (Å²) >= 11 is 0. The van der Waals surface area contributed by atoms with Crippen molar-refractivity contribution >= 4 is 6.03 Å². The Hall–Kier alpha value is -1.58. The van der Waals surface area contributed by atoms with Crippen molar-refractivity contribution in [2.45, 2.75) is 69.9 Å². The normalized spacial score (nSPS) is 30.8. The number of hydrogen-bond donors (Lipinski definition) is 1. The van der Waals surface area contributed by atoms with E-state index in [2.05, 4.69) is 27.3 Å². The third-order valence-electron chi connectivity index (χ3n) is 6.26. The smallest absolute Gasteiger partial charge is 0.318 e. The molecule has 2 saturated carbocycles. The van der Waals surface area contributed by atoms with Crippen molar-refractivity contribution in [1.29, 1.82) is 0 Å². The lowest BCUT2D eigenvalue weighted by Gasteiger charge is -2.30. The van der Waals surface area contributed by atoms with Crippen molar-refractivity contribution in [2.75, 3.05) is 6.54 Å². The molecule has 2 aliphatic carbocycles. The van der Waals surface area contributed by atoms with Crippen LogP contribution in [-0.2, 0) is 0 Å². The van der Waals surface area contributed by atoms with Crippen LogP contribution in [0.4, 0.5) is 4.79 Å². The van der Waals surface area contributed by atoms with Gasteiger partial charge in [0, 0.05) is 25.0 Å². The van der Waals surface area contributed by atoms with Crippen LogP contribution in [0.15, 0.2) is 24.5 Å². The van der Waals surface area contributed by atoms with Gasteiger partial charge in [-0.1, -0.05) is 38.5 Å². The average Bonchev–Trinajstić information content (AvgIpc) is 3.24. The van der Waals surface area contributed by atoms with E-state index in [-0.39, 0.29) is 12.1 Å². The number of carbonyl (C=O) groups excluding carboxylic acids is 1. The van der Waals surface area contributed by atoms with Gasteiger partial charge in [-0.25, -0.2) is 4.79 Å². The first-order valence-electron chi connectivity index (χ1n) is 9.80. The van der Waals surface area contributed by atoms with Crippen LogP contribution in [0.3, 0.4) is 0 Å². The van der Waals surface area contributed by atoms with E-state index in [4.69, 9.17) is 0 Å². The van der Waals surface area contributed by atoms with E-state index < -0.39 is 0 Å². The van der Waals surface area contributed by atoms with Crippen molar-refractivity contribution in [3.8, 4) is 0 Å². The number of carbonyl (C=O) groups is 1. The summed E-state index contributed by atoms with van der Waals surface area (Å²) in [5, 5.41) is 3.35. The predicted octanol–water partition coefficient (Wildman–Crippen LogP) is 4.29. The lowest BCUT2D eigenvalue weighted by Crippen LogP contribution is -2.43. The van der Waals surface area contributed by atoms with Crippen molar-refractivity contribution in [3.63, 3.8) is 0 Å². The van der Waals surface area contributed by atoms with E-state index >= 15 is 0 Å². The second-order valence-electron chi connectivity index (χ2n) is 7.84. The van der Waals surface area contributed by atoms with E-state index in [1.54, 1.807) is 0 Å². The van der Waals surface area contributed by atoms with Gasteiger partial charge < -0.3 is 10.2 Å². The molecule has 3 fully saturated rings. The van der Waals surface area contributed by atoms with Gasteiger partial charge in [0.15, 0.2) is 0 Å². The van der Waals surface area contributed by atoms with Crippen molar-refractivity contribution in [3.05, 3.63) is 30.1 Å². The highest BCUT2D eigenvalue weighted by Crippen LogP contribution is 2.45. The van der Waals surface area contributed by atoms with Crippen LogP contribution in [0.25, 0.3) is 0 Å². The Morgan fingerprint density at radius 2 is 1.79 bits per heavy atom. The topological polar surface area (TPSA) is 45.2 Å². The molecule has 2 heterocycles. The molecule has 24 heavy (non-hydrogen) atoms. The van der Waals surface area contributed by atoms with Gasteiger partial charge in [-0.05, 0) is 48.8 Å². The Morgan fingerprint density at radius 3 is 2.58 bits per heavy atom. The molecule has 0 aromatic carbocycles. The third kappa shape index (κ3) is 3.42. The fraction of sp³-hybridized carbons (Fsp3) is 0.700. The minimum Gasteiger partial charge on any atom is -0.335 e. The molecule has 4 nitrogen and oxygen atoms in total. The molecule has 130 valence electrons. The van der Waals surface area contributed by atoms with Crippen LogP contribution in [0.2, 0.25) is 0 Å². The number of pyridine rings is 1. The summed E-state index contributed by atoms with van der Waals surface area (Å²) in [6.07, 6.45) is 15.0. The molecule has 3 unspecified atom stereocenters. The quantitative estimate of drug-likeness (QED) is 0.900. The number of nitrogens with zero attached hydrogens (tertiary/aromatic N) is 2. The molecule has 1 N–H and O–H groups in total. The van der Waals surface area contributed by atoms with E-state index in [1.807, 2.05) is 12.4 Å². The molecule has 3 atom stereocenters. The predicted molar refractivity (Wildman–Crippen MR) is 94.5 cm³/mol. The fourth-order valence-corrected chi connectivity index (χ4v) is 4.81. The maximum atomic E-state index is 12.9. The minimum atomic E-state index is 0.157. The molecule has 2 amide bonds. The van der Waals surface area contributed by atoms with Crippen LogP contribution >= 0.6 is 0 Å². The monoisotopic (exact) mass is 327 g/mol. The molecule has 1 aliphatic heterocycles. The Bertz CT molecular complexity index is 555. The zero-order chi connectivity index (χ0) is 16.4. The first kappa shape index (κ1) is 15.9. The van der Waals surface area contributed by atoms with Gasteiger partial charge in [-0.15, -0.1) is 0 Å². The van der Waals surface area contributed by atoms with Crippen molar-refractivity contribution in [1.82, 2.24) is 15.2 Å². The Balaban J connectivity index is 1.41. The van der Waals surface area contributed by atoms with Crippen LogP contribution < -0.4 is 5.32 Å². The van der Waals surface area contributed by atoms with E-state index in [1.165, 1.54) is 50.5 Å². The van der Waals surface area contributed by atoms with Gasteiger partial charge in [0.2, 0.25) is 0 Å². The Labute approximate surface area is 145 Å². The van der Waals surface area contributed by atoms with Gasteiger partial charge >= 0.3 is 6.03 Å². The molecule has 4 heteroatoms. The SMILES string of the molecule is O=C(NC1CC1C1CCCC1)N1CCCCCC1c1ccncc1. The lowest BCUT2D eigenvalue weighted by molar-refractivity contribution is 0.174. The van der Waals surface area contributed by atoms with Crippen LogP contribution in [0, 0.1) is 11.8 Å². The molecule has 1 saturated heterocycles. The minimum absolute atomic E-state index is 0.157. The summed E-state index contributed by atoms with van der Waals surface area (Å²) in [4.78, 5) is 19.2. The fourth-order valence-electron chi connectivity index (χ4n) is 4.81. The summed E-state index contributed by atoms with van der Waals surface area (Å²) in [6, 6.07) is 4.93. The molecule has 3 aliphatic rings. The van der Waals surface area contributed by atoms with Crippen LogP contribution in [0.5, 0.6) is 0 Å². The summed E-state index contributed by atoms with van der Waals surface area (Å²) in [5.41, 5.74) is 1.23. The van der Waals surface area contributed by atoms with Crippen molar-refractivity contribution in [2.24, 2.45) is 11.8 Å². The van der Waals surface area contributed by atoms with Gasteiger partial charge in [0.05, 0.1) is 6.04 Å². The van der Waals surface area contributed by atoms with Gasteiger partial charge in [0.1, 0.15) is 0 Å². The maximum absolute atomic E-state index is 12.9. The first-order valence-corrected chi connectivity index (χ1v) is 9.80. The number of urea groups is 1. The molecular weight excluding hydrogens is 298 g/mol. The van der Waals surface area contributed by atoms with Crippen molar-refractivity contribution < 1.29 is 4.79 Å². The zero-order valence-corrected chi connectivity index (χ0v) is 14.5. The zero-order valence-electron chi connectivity index (χ0n) is 14.5. The molecule has 1 aromatic heterocycles. The lowest BCUT2D eigenvalue weighted by atomic mass is 10.0. The molecule has 4 rings (SSSR count). The summed E-state index contributed by atoms with van der Waals surface area (Å²) in [6.45, 7) is 0.875. The number of nitrogens with one attached hydrogen (secondary N) is 1. The van der Waals surface area contributed by atoms with E-state index in [0.29, 0.717) is 6.04 Å². The third-order valence-corrected chi connectivity index (χ3v) is 6.26. The molecule has 0 spiro atoms. The standard InChI is InChI=1S/C20H29N3O/c24-20(22-18-14-17(18)15-6-3-4-7-15)23-13-5-1-2-8-19(23)16-9-11-21-12-10-16/h9-12,15,17-19H,1-8,13-14H2,(H,22,24). The van der Waals surface area contributed by atoms with Gasteiger partial charge in [0.25, 0.3) is 0 Å². The van der Waals surface area contributed by atoms with Gasteiger partial charge in [-0.3, -0.25) is 4.98 Å². The number of aromatic nitrogens is 1. The molecule has 0 bridgehead atoms. The number of hydrogen-bond acceptors (Lipinski definition) is 2. The van der Waals surface area contributed by atoms with E-state index in [9.17, 15) is 4.79 Å². The highest BCUT2D eigenvalue weighted by atomic mass is 16.2. The van der Waals surface area contributed by atoms with Crippen LogP contribution in [0.1, 0.15) is 69.4 Å².